The van der Waals surface area contributed by atoms with Crippen LogP contribution in [0.5, 0.6) is 0 Å². The van der Waals surface area contributed by atoms with Gasteiger partial charge >= 0.3 is 11.9 Å². The van der Waals surface area contributed by atoms with E-state index in [2.05, 4.69) is 0 Å². The summed E-state index contributed by atoms with van der Waals surface area (Å²) in [7, 11) is 0. The number of aliphatic hydroxyl groups is 6. The molecule has 0 rings (SSSR count). The molecule has 0 heterocycles. The second-order valence-electron chi connectivity index (χ2n) is 4.94. The number of rotatable bonds is 10. The van der Waals surface area contributed by atoms with Crippen LogP contribution in [0.3, 0.4) is 0 Å². The number of carbonyl (C=O) groups is 2. The van der Waals surface area contributed by atoms with Crippen molar-refractivity contribution in [3.8, 4) is 0 Å². The Kier molecular flexibility index (Phi) is 9.88. The van der Waals surface area contributed by atoms with Crippen molar-refractivity contribution in [1.82, 2.24) is 0 Å². The number of aliphatic hydroxyl groups excluding tert-OH is 6. The van der Waals surface area contributed by atoms with E-state index < -0.39 is 55.4 Å². The molecule has 10 heteroatoms. The predicted octanol–water partition coefficient (Wildman–Crippen LogP) is -2.98. The van der Waals surface area contributed by atoms with Crippen LogP contribution >= 0.6 is 0 Å². The third-order valence-electron chi connectivity index (χ3n) is 2.86. The fourth-order valence-electron chi connectivity index (χ4n) is 1.47. The minimum atomic E-state index is -2.24. The molecule has 0 aromatic carbocycles. The molecule has 0 aliphatic carbocycles. The Morgan fingerprint density at radius 3 is 1.91 bits per heavy atom. The van der Waals surface area contributed by atoms with Crippen LogP contribution in [0.25, 0.3) is 0 Å². The summed E-state index contributed by atoms with van der Waals surface area (Å²) in [5, 5.41) is 55.4. The van der Waals surface area contributed by atoms with Crippen LogP contribution in [-0.2, 0) is 19.1 Å². The smallest absolute Gasteiger partial charge is 0.340 e. The molecule has 0 amide bonds. The molecule has 6 atom stereocenters. The maximum atomic E-state index is 11.7. The third-order valence-corrected chi connectivity index (χ3v) is 2.86. The first-order chi connectivity index (χ1) is 10.6. The molecule has 0 spiro atoms. The predicted molar refractivity (Wildman–Crippen MR) is 73.7 cm³/mol. The van der Waals surface area contributed by atoms with Crippen LogP contribution in [0.1, 0.15) is 26.7 Å². The summed E-state index contributed by atoms with van der Waals surface area (Å²) in [6, 6.07) is 0. The molecular weight excluding hydrogens is 316 g/mol. The number of carbonyl (C=O) groups excluding carboxylic acids is 2. The SMILES string of the molecule is CCCC(OC(=O)C(C)O)OC(=O)[C@H](O)[C@@H](O)[C@H](O)[C@H](O)CO. The summed E-state index contributed by atoms with van der Waals surface area (Å²) in [6.45, 7) is 1.95. The Bertz CT molecular complexity index is 372. The quantitative estimate of drug-likeness (QED) is 0.178. The summed E-state index contributed by atoms with van der Waals surface area (Å²) in [6.07, 6.45) is -10.4. The molecule has 0 fully saturated rings. The van der Waals surface area contributed by atoms with Gasteiger partial charge in [-0.25, -0.2) is 9.59 Å². The van der Waals surface area contributed by atoms with Gasteiger partial charge in [-0.15, -0.1) is 0 Å². The molecule has 0 bridgehead atoms. The minimum Gasteiger partial charge on any atom is -0.423 e. The lowest BCUT2D eigenvalue weighted by molar-refractivity contribution is -0.206. The fourth-order valence-corrected chi connectivity index (χ4v) is 1.47. The lowest BCUT2D eigenvalue weighted by Crippen LogP contribution is -2.49. The van der Waals surface area contributed by atoms with Crippen LogP contribution in [0.2, 0.25) is 0 Å². The first-order valence-electron chi connectivity index (χ1n) is 7.07. The van der Waals surface area contributed by atoms with Crippen LogP contribution in [0, 0.1) is 0 Å². The summed E-state index contributed by atoms with van der Waals surface area (Å²) in [5.41, 5.74) is 0. The molecule has 0 aromatic rings. The largest absolute Gasteiger partial charge is 0.423 e. The fraction of sp³-hybridized carbons (Fsp3) is 0.846. The first kappa shape index (κ1) is 21.7. The Morgan fingerprint density at radius 2 is 1.48 bits per heavy atom. The second-order valence-corrected chi connectivity index (χ2v) is 4.94. The van der Waals surface area contributed by atoms with E-state index in [1.54, 1.807) is 6.92 Å². The highest BCUT2D eigenvalue weighted by molar-refractivity contribution is 5.76. The highest BCUT2D eigenvalue weighted by atomic mass is 16.7. The van der Waals surface area contributed by atoms with Crippen molar-refractivity contribution in [2.45, 2.75) is 63.5 Å². The number of ether oxygens (including phenoxy) is 2. The zero-order valence-electron chi connectivity index (χ0n) is 12.9. The van der Waals surface area contributed by atoms with Crippen LogP contribution in [-0.4, -0.2) is 86.0 Å². The standard InChI is InChI=1S/C13H24O10/c1-3-4-8(22-12(20)6(2)15)23-13(21)11(19)10(18)9(17)7(16)5-14/h6-11,14-19H,3-5H2,1-2H3/t6?,7-,8?,9-,10+,11-/m1/s1. The summed E-state index contributed by atoms with van der Waals surface area (Å²) < 4.78 is 9.41. The van der Waals surface area contributed by atoms with E-state index in [0.717, 1.165) is 6.92 Å². The van der Waals surface area contributed by atoms with E-state index >= 15 is 0 Å². The van der Waals surface area contributed by atoms with Gasteiger partial charge < -0.3 is 40.1 Å². The Labute approximate surface area is 132 Å². The molecular formula is C13H24O10. The molecule has 0 aliphatic heterocycles. The summed E-state index contributed by atoms with van der Waals surface area (Å²) in [4.78, 5) is 23.0. The highest BCUT2D eigenvalue weighted by Gasteiger charge is 2.36. The van der Waals surface area contributed by atoms with Gasteiger partial charge in [0, 0.05) is 6.42 Å². The molecule has 23 heavy (non-hydrogen) atoms. The molecule has 0 radical (unpaired) electrons. The van der Waals surface area contributed by atoms with E-state index in [0.29, 0.717) is 6.42 Å². The van der Waals surface area contributed by atoms with Gasteiger partial charge in [0.1, 0.15) is 24.4 Å². The highest BCUT2D eigenvalue weighted by Crippen LogP contribution is 2.11. The van der Waals surface area contributed by atoms with Crippen LogP contribution in [0.4, 0.5) is 0 Å². The van der Waals surface area contributed by atoms with Gasteiger partial charge in [0.05, 0.1) is 6.61 Å². The molecule has 0 aliphatic rings. The monoisotopic (exact) mass is 340 g/mol. The number of hydrogen-bond donors (Lipinski definition) is 6. The number of esters is 2. The maximum absolute atomic E-state index is 11.7. The van der Waals surface area contributed by atoms with Crippen molar-refractivity contribution in [3.63, 3.8) is 0 Å². The van der Waals surface area contributed by atoms with E-state index in [9.17, 15) is 24.9 Å². The molecule has 0 aromatic heterocycles. The zero-order valence-corrected chi connectivity index (χ0v) is 12.9. The third kappa shape index (κ3) is 7.20. The van der Waals surface area contributed by atoms with Gasteiger partial charge in [0.25, 0.3) is 0 Å². The average Bonchev–Trinajstić information content (AvgIpc) is 2.51. The molecule has 0 saturated carbocycles. The van der Waals surface area contributed by atoms with Gasteiger partial charge in [0.2, 0.25) is 6.29 Å². The molecule has 6 N–H and O–H groups in total. The van der Waals surface area contributed by atoms with Gasteiger partial charge in [-0.1, -0.05) is 6.92 Å². The van der Waals surface area contributed by atoms with Gasteiger partial charge in [0.15, 0.2) is 6.10 Å². The van der Waals surface area contributed by atoms with E-state index in [1.807, 2.05) is 0 Å². The van der Waals surface area contributed by atoms with Crippen molar-refractivity contribution in [2.75, 3.05) is 6.61 Å². The Hall–Kier alpha value is -1.30. The molecule has 10 nitrogen and oxygen atoms in total. The Balaban J connectivity index is 4.74. The topological polar surface area (TPSA) is 174 Å². The summed E-state index contributed by atoms with van der Waals surface area (Å²) >= 11 is 0. The van der Waals surface area contributed by atoms with E-state index in [1.165, 1.54) is 0 Å². The lowest BCUT2D eigenvalue weighted by Gasteiger charge is -2.26. The van der Waals surface area contributed by atoms with Crippen molar-refractivity contribution in [3.05, 3.63) is 0 Å². The van der Waals surface area contributed by atoms with E-state index in [-0.39, 0.29) is 6.42 Å². The zero-order chi connectivity index (χ0) is 18.2. The lowest BCUT2D eigenvalue weighted by atomic mass is 10.0. The average molecular weight is 340 g/mol. The Morgan fingerprint density at radius 1 is 0.957 bits per heavy atom. The van der Waals surface area contributed by atoms with Crippen molar-refractivity contribution < 1.29 is 49.7 Å². The van der Waals surface area contributed by atoms with Crippen molar-refractivity contribution in [1.29, 1.82) is 0 Å². The van der Waals surface area contributed by atoms with Gasteiger partial charge in [-0.3, -0.25) is 0 Å². The first-order valence-corrected chi connectivity index (χ1v) is 7.07. The van der Waals surface area contributed by atoms with Crippen molar-refractivity contribution in [2.24, 2.45) is 0 Å². The summed E-state index contributed by atoms with van der Waals surface area (Å²) in [5.74, 6) is -2.44. The minimum absolute atomic E-state index is 0.0782. The molecule has 136 valence electrons. The number of hydrogen-bond acceptors (Lipinski definition) is 10. The van der Waals surface area contributed by atoms with Crippen LogP contribution < -0.4 is 0 Å². The molecule has 2 unspecified atom stereocenters. The van der Waals surface area contributed by atoms with Crippen molar-refractivity contribution >= 4 is 11.9 Å². The molecule has 0 saturated heterocycles. The maximum Gasteiger partial charge on any atom is 0.340 e. The van der Waals surface area contributed by atoms with Gasteiger partial charge in [-0.2, -0.15) is 0 Å². The van der Waals surface area contributed by atoms with Gasteiger partial charge in [-0.05, 0) is 13.3 Å². The van der Waals surface area contributed by atoms with E-state index in [4.69, 9.17) is 24.8 Å². The second kappa shape index (κ2) is 10.5. The van der Waals surface area contributed by atoms with Crippen LogP contribution in [0.15, 0.2) is 0 Å². The normalized spacial score (nSPS) is 19.1.